The van der Waals surface area contributed by atoms with Crippen LogP contribution in [0, 0.1) is 13.8 Å². The Balaban J connectivity index is 1.53. The zero-order chi connectivity index (χ0) is 23.3. The monoisotopic (exact) mass is 479 g/mol. The van der Waals surface area contributed by atoms with Crippen LogP contribution in [-0.2, 0) is 15.6 Å². The summed E-state index contributed by atoms with van der Waals surface area (Å²) < 4.78 is 33.7. The fourth-order valence-corrected chi connectivity index (χ4v) is 5.28. The number of aromatic nitrogens is 3. The van der Waals surface area contributed by atoms with E-state index in [2.05, 4.69) is 10.2 Å². The lowest BCUT2D eigenvalue weighted by molar-refractivity contribution is 0.344. The number of sulfone groups is 1. The summed E-state index contributed by atoms with van der Waals surface area (Å²) >= 11 is 1.48. The van der Waals surface area contributed by atoms with E-state index in [-0.39, 0.29) is 10.6 Å². The van der Waals surface area contributed by atoms with Crippen LogP contribution in [0.5, 0.6) is 5.75 Å². The Bertz CT molecular complexity index is 1300. The molecule has 0 saturated carbocycles. The highest BCUT2D eigenvalue weighted by Crippen LogP contribution is 2.25. The van der Waals surface area contributed by atoms with Gasteiger partial charge in [0.25, 0.3) is 0 Å². The Labute approximate surface area is 198 Å². The van der Waals surface area contributed by atoms with Crippen molar-refractivity contribution in [1.29, 1.82) is 0 Å². The van der Waals surface area contributed by atoms with E-state index >= 15 is 0 Å². The number of nitrogens with zero attached hydrogens (tertiary/aromatic N) is 3. The molecule has 0 N–H and O–H groups in total. The first-order valence-corrected chi connectivity index (χ1v) is 13.2. The third kappa shape index (κ3) is 5.83. The molecule has 3 aromatic carbocycles. The molecule has 0 spiro atoms. The molecule has 4 aromatic rings. The van der Waals surface area contributed by atoms with Crippen LogP contribution >= 0.6 is 11.8 Å². The summed E-state index contributed by atoms with van der Waals surface area (Å²) in [6.45, 7) is 4.45. The number of aryl methyl sites for hydroxylation is 2. The molecular weight excluding hydrogens is 454 g/mol. The summed E-state index contributed by atoms with van der Waals surface area (Å²) in [5.74, 6) is 1.60. The van der Waals surface area contributed by atoms with Crippen LogP contribution < -0.4 is 4.74 Å². The molecule has 0 unspecified atom stereocenters. The van der Waals surface area contributed by atoms with Gasteiger partial charge in [-0.2, -0.15) is 0 Å². The number of thioether (sulfide) groups is 1. The van der Waals surface area contributed by atoms with Crippen molar-refractivity contribution in [2.24, 2.45) is 0 Å². The van der Waals surface area contributed by atoms with Crippen molar-refractivity contribution < 1.29 is 13.2 Å². The number of rotatable bonds is 9. The van der Waals surface area contributed by atoms with Gasteiger partial charge >= 0.3 is 0 Å². The molecule has 0 bridgehead atoms. The van der Waals surface area contributed by atoms with Crippen molar-refractivity contribution in [2.45, 2.75) is 29.7 Å². The molecule has 4 rings (SSSR count). The highest BCUT2D eigenvalue weighted by molar-refractivity contribution is 7.99. The molecular formula is C25H25N3O3S2. The molecule has 0 radical (unpaired) electrons. The van der Waals surface area contributed by atoms with Gasteiger partial charge < -0.3 is 4.74 Å². The minimum absolute atomic E-state index is 0.238. The van der Waals surface area contributed by atoms with Gasteiger partial charge in [-0.3, -0.25) is 4.57 Å². The maximum atomic E-state index is 13.0. The number of ether oxygens (including phenoxy) is 1. The van der Waals surface area contributed by atoms with Crippen LogP contribution in [0.15, 0.2) is 88.9 Å². The second kappa shape index (κ2) is 10.2. The van der Waals surface area contributed by atoms with Crippen LogP contribution in [0.3, 0.4) is 0 Å². The van der Waals surface area contributed by atoms with E-state index in [9.17, 15) is 8.42 Å². The first-order valence-electron chi connectivity index (χ1n) is 10.5. The Hall–Kier alpha value is -3.10. The second-order valence-electron chi connectivity index (χ2n) is 7.65. The summed E-state index contributed by atoms with van der Waals surface area (Å²) in [5, 5.41) is 9.16. The van der Waals surface area contributed by atoms with Gasteiger partial charge in [0, 0.05) is 11.4 Å². The minimum Gasteiger partial charge on any atom is -0.493 e. The van der Waals surface area contributed by atoms with E-state index in [0.717, 1.165) is 17.0 Å². The van der Waals surface area contributed by atoms with E-state index in [0.29, 0.717) is 23.3 Å². The number of para-hydroxylation sites is 1. The van der Waals surface area contributed by atoms with Crippen LogP contribution in [0.4, 0.5) is 0 Å². The summed E-state index contributed by atoms with van der Waals surface area (Å²) in [5.41, 5.74) is 3.01. The van der Waals surface area contributed by atoms with Crippen LogP contribution in [0.1, 0.15) is 17.0 Å². The Morgan fingerprint density at radius 3 is 2.15 bits per heavy atom. The minimum atomic E-state index is -3.57. The summed E-state index contributed by atoms with van der Waals surface area (Å²) in [6, 6.07) is 24.3. The standard InChI is InChI=1S/C25H25N3O3S2/c1-19-8-12-22(13-9-19)31-16-17-32-25-27-26-24(28(25)21-6-4-3-5-7-21)18-33(29,30)23-14-10-20(2)11-15-23/h3-15H,16-18H2,1-2H3. The van der Waals surface area contributed by atoms with Gasteiger partial charge in [-0.05, 0) is 50.2 Å². The van der Waals surface area contributed by atoms with E-state index < -0.39 is 9.84 Å². The van der Waals surface area contributed by atoms with Crippen molar-refractivity contribution in [1.82, 2.24) is 14.8 Å². The van der Waals surface area contributed by atoms with Gasteiger partial charge in [0.1, 0.15) is 11.5 Å². The molecule has 8 heteroatoms. The number of hydrogen-bond acceptors (Lipinski definition) is 6. The van der Waals surface area contributed by atoms with Gasteiger partial charge in [0.05, 0.1) is 11.5 Å². The lowest BCUT2D eigenvalue weighted by Gasteiger charge is -2.11. The maximum Gasteiger partial charge on any atom is 0.195 e. The van der Waals surface area contributed by atoms with Crippen molar-refractivity contribution in [3.8, 4) is 11.4 Å². The average Bonchev–Trinajstić information content (AvgIpc) is 3.20. The number of hydrogen-bond donors (Lipinski definition) is 0. The third-order valence-electron chi connectivity index (χ3n) is 5.02. The van der Waals surface area contributed by atoms with Crippen LogP contribution in [0.25, 0.3) is 5.69 Å². The first-order chi connectivity index (χ1) is 15.9. The largest absolute Gasteiger partial charge is 0.493 e. The van der Waals surface area contributed by atoms with Crippen molar-refractivity contribution in [2.75, 3.05) is 12.4 Å². The molecule has 6 nitrogen and oxygen atoms in total. The molecule has 0 atom stereocenters. The first kappa shape index (κ1) is 23.1. The van der Waals surface area contributed by atoms with E-state index in [4.69, 9.17) is 4.74 Å². The van der Waals surface area contributed by atoms with E-state index in [1.165, 1.54) is 17.3 Å². The number of benzene rings is 3. The molecule has 33 heavy (non-hydrogen) atoms. The maximum absolute atomic E-state index is 13.0. The van der Waals surface area contributed by atoms with Crippen LogP contribution in [-0.4, -0.2) is 35.5 Å². The molecule has 0 aliphatic carbocycles. The summed E-state index contributed by atoms with van der Waals surface area (Å²) in [4.78, 5) is 0.274. The zero-order valence-electron chi connectivity index (χ0n) is 18.5. The molecule has 0 fully saturated rings. The van der Waals surface area contributed by atoms with Crippen molar-refractivity contribution in [3.05, 3.63) is 95.8 Å². The SMILES string of the molecule is Cc1ccc(OCCSc2nnc(CS(=O)(=O)c3ccc(C)cc3)n2-c2ccccc2)cc1. The smallest absolute Gasteiger partial charge is 0.195 e. The molecule has 0 saturated heterocycles. The van der Waals surface area contributed by atoms with Crippen molar-refractivity contribution >= 4 is 21.6 Å². The Kier molecular flexibility index (Phi) is 7.15. The van der Waals surface area contributed by atoms with Gasteiger partial charge in [0.15, 0.2) is 20.8 Å². The highest BCUT2D eigenvalue weighted by atomic mass is 32.2. The molecule has 1 aromatic heterocycles. The van der Waals surface area contributed by atoms with Crippen LogP contribution in [0.2, 0.25) is 0 Å². The van der Waals surface area contributed by atoms with Gasteiger partial charge in [0.2, 0.25) is 0 Å². The molecule has 0 aliphatic rings. The molecule has 1 heterocycles. The Morgan fingerprint density at radius 1 is 0.848 bits per heavy atom. The summed E-state index contributed by atoms with van der Waals surface area (Å²) in [7, 11) is -3.57. The molecule has 0 amide bonds. The van der Waals surface area contributed by atoms with Gasteiger partial charge in [-0.15, -0.1) is 10.2 Å². The zero-order valence-corrected chi connectivity index (χ0v) is 20.1. The van der Waals surface area contributed by atoms with Crippen molar-refractivity contribution in [3.63, 3.8) is 0 Å². The van der Waals surface area contributed by atoms with Gasteiger partial charge in [-0.25, -0.2) is 8.42 Å². The predicted molar refractivity (Wildman–Crippen MR) is 131 cm³/mol. The lowest BCUT2D eigenvalue weighted by atomic mass is 10.2. The van der Waals surface area contributed by atoms with E-state index in [1.807, 2.05) is 73.0 Å². The lowest BCUT2D eigenvalue weighted by Crippen LogP contribution is -2.11. The quantitative estimate of drug-likeness (QED) is 0.248. The summed E-state index contributed by atoms with van der Waals surface area (Å²) in [6.07, 6.45) is 0. The average molecular weight is 480 g/mol. The predicted octanol–water partition coefficient (Wildman–Crippen LogP) is 5.03. The van der Waals surface area contributed by atoms with Gasteiger partial charge in [-0.1, -0.05) is 65.4 Å². The normalized spacial score (nSPS) is 11.5. The third-order valence-corrected chi connectivity index (χ3v) is 7.54. The molecule has 170 valence electrons. The Morgan fingerprint density at radius 2 is 1.48 bits per heavy atom. The fourth-order valence-electron chi connectivity index (χ4n) is 3.25. The highest BCUT2D eigenvalue weighted by Gasteiger charge is 2.22. The second-order valence-corrected chi connectivity index (χ2v) is 10.7. The molecule has 0 aliphatic heterocycles. The van der Waals surface area contributed by atoms with E-state index in [1.54, 1.807) is 24.3 Å². The fraction of sp³-hybridized carbons (Fsp3) is 0.200. The topological polar surface area (TPSA) is 74.1 Å².